The third-order valence-electron chi connectivity index (χ3n) is 1.04. The Morgan fingerprint density at radius 3 is 2.55 bits per heavy atom. The van der Waals surface area contributed by atoms with Crippen LogP contribution in [-0.4, -0.2) is 13.4 Å². The standard InChI is InChI=1S/C5H5FN2O2S/c6-4-1-2-8-3-5(4)11(7,9)10/h1-3H,(H2,7,9,10). The van der Waals surface area contributed by atoms with Crippen LogP contribution in [0.3, 0.4) is 0 Å². The summed E-state index contributed by atoms with van der Waals surface area (Å²) in [6.07, 6.45) is 2.01. The van der Waals surface area contributed by atoms with E-state index in [4.69, 9.17) is 0 Å². The largest absolute Gasteiger partial charge is 0.263 e. The van der Waals surface area contributed by atoms with Gasteiger partial charge in [0.25, 0.3) is 0 Å². The molecule has 0 spiro atoms. The van der Waals surface area contributed by atoms with Crippen molar-refractivity contribution in [1.82, 2.24) is 4.98 Å². The minimum Gasteiger partial charge on any atom is -0.263 e. The predicted molar refractivity (Wildman–Crippen MR) is 35.6 cm³/mol. The van der Waals surface area contributed by atoms with Crippen LogP contribution in [-0.2, 0) is 10.0 Å². The highest BCUT2D eigenvalue weighted by Crippen LogP contribution is 2.08. The molecule has 0 aliphatic heterocycles. The number of nitrogens with zero attached hydrogens (tertiary/aromatic N) is 1. The Balaban J connectivity index is 3.37. The molecule has 0 fully saturated rings. The fourth-order valence-corrected chi connectivity index (χ4v) is 1.12. The van der Waals surface area contributed by atoms with Crippen molar-refractivity contribution in [2.75, 3.05) is 0 Å². The number of halogens is 1. The summed E-state index contributed by atoms with van der Waals surface area (Å²) in [7, 11) is -3.97. The van der Waals surface area contributed by atoms with Gasteiger partial charge >= 0.3 is 0 Å². The number of rotatable bonds is 1. The monoisotopic (exact) mass is 176 g/mol. The summed E-state index contributed by atoms with van der Waals surface area (Å²) in [5, 5.41) is 4.65. The smallest absolute Gasteiger partial charge is 0.242 e. The zero-order valence-electron chi connectivity index (χ0n) is 5.36. The first-order chi connectivity index (χ1) is 5.02. The van der Waals surface area contributed by atoms with Crippen molar-refractivity contribution in [3.8, 4) is 0 Å². The molecular weight excluding hydrogens is 171 g/mol. The van der Waals surface area contributed by atoms with E-state index in [1.54, 1.807) is 0 Å². The SMILES string of the molecule is NS(=O)(=O)c1cnccc1F. The summed E-state index contributed by atoms with van der Waals surface area (Å²) in [6.45, 7) is 0. The van der Waals surface area contributed by atoms with E-state index in [0.29, 0.717) is 0 Å². The van der Waals surface area contributed by atoms with E-state index in [-0.39, 0.29) is 0 Å². The van der Waals surface area contributed by atoms with Crippen LogP contribution in [0.25, 0.3) is 0 Å². The van der Waals surface area contributed by atoms with Crippen molar-refractivity contribution in [3.05, 3.63) is 24.3 Å². The first-order valence-electron chi connectivity index (χ1n) is 2.64. The van der Waals surface area contributed by atoms with Crippen molar-refractivity contribution in [2.24, 2.45) is 5.14 Å². The lowest BCUT2D eigenvalue weighted by Gasteiger charge is -1.96. The molecule has 6 heteroatoms. The molecule has 0 amide bonds. The van der Waals surface area contributed by atoms with Crippen LogP contribution >= 0.6 is 0 Å². The predicted octanol–water partition coefficient (Wildman–Crippen LogP) is -0.132. The van der Waals surface area contributed by atoms with Crippen molar-refractivity contribution < 1.29 is 12.8 Å². The average molecular weight is 176 g/mol. The van der Waals surface area contributed by atoms with Gasteiger partial charge < -0.3 is 0 Å². The van der Waals surface area contributed by atoms with Gasteiger partial charge in [-0.25, -0.2) is 17.9 Å². The number of pyridine rings is 1. The van der Waals surface area contributed by atoms with Crippen molar-refractivity contribution in [2.45, 2.75) is 4.90 Å². The molecule has 1 heterocycles. The highest BCUT2D eigenvalue weighted by molar-refractivity contribution is 7.89. The van der Waals surface area contributed by atoms with Crippen LogP contribution < -0.4 is 5.14 Å². The number of hydrogen-bond donors (Lipinski definition) is 1. The van der Waals surface area contributed by atoms with Crippen LogP contribution in [0.2, 0.25) is 0 Å². The van der Waals surface area contributed by atoms with Crippen LogP contribution in [0, 0.1) is 5.82 Å². The van der Waals surface area contributed by atoms with Gasteiger partial charge in [-0.1, -0.05) is 0 Å². The van der Waals surface area contributed by atoms with Crippen LogP contribution in [0.4, 0.5) is 4.39 Å². The Bertz CT molecular complexity index is 363. The maximum atomic E-state index is 12.6. The Morgan fingerprint density at radius 1 is 1.55 bits per heavy atom. The average Bonchev–Trinajstić information content (AvgIpc) is 1.86. The molecule has 0 unspecified atom stereocenters. The summed E-state index contributed by atoms with van der Waals surface area (Å²) in [5.74, 6) is -0.887. The van der Waals surface area contributed by atoms with Gasteiger partial charge in [0.2, 0.25) is 10.0 Å². The molecule has 0 aliphatic rings. The molecule has 11 heavy (non-hydrogen) atoms. The number of primary sulfonamides is 1. The quantitative estimate of drug-likeness (QED) is 0.647. The lowest BCUT2D eigenvalue weighted by molar-refractivity contribution is 0.565. The van der Waals surface area contributed by atoms with E-state index in [2.05, 4.69) is 10.1 Å². The molecule has 60 valence electrons. The Morgan fingerprint density at radius 2 is 2.18 bits per heavy atom. The number of sulfonamides is 1. The fraction of sp³-hybridized carbons (Fsp3) is 0. The minimum absolute atomic E-state index is 0.583. The van der Waals surface area contributed by atoms with Gasteiger partial charge in [-0.2, -0.15) is 0 Å². The fourth-order valence-electron chi connectivity index (χ4n) is 0.572. The highest BCUT2D eigenvalue weighted by atomic mass is 32.2. The molecule has 0 aromatic carbocycles. The summed E-state index contributed by atoms with van der Waals surface area (Å²) in [4.78, 5) is 2.83. The van der Waals surface area contributed by atoms with Crippen molar-refractivity contribution in [1.29, 1.82) is 0 Å². The lowest BCUT2D eigenvalue weighted by atomic mass is 10.5. The molecule has 1 aromatic rings. The third kappa shape index (κ3) is 1.72. The molecule has 0 atom stereocenters. The van der Waals surface area contributed by atoms with Gasteiger partial charge in [0, 0.05) is 12.4 Å². The highest BCUT2D eigenvalue weighted by Gasteiger charge is 2.12. The van der Waals surface area contributed by atoms with Gasteiger partial charge in [-0.05, 0) is 6.07 Å². The maximum Gasteiger partial charge on any atom is 0.242 e. The minimum atomic E-state index is -3.97. The summed E-state index contributed by atoms with van der Waals surface area (Å²) in [5.41, 5.74) is 0. The molecule has 1 aromatic heterocycles. The second-order valence-electron chi connectivity index (χ2n) is 1.85. The van der Waals surface area contributed by atoms with Gasteiger partial charge in [0.05, 0.1) is 0 Å². The van der Waals surface area contributed by atoms with E-state index in [1.165, 1.54) is 0 Å². The van der Waals surface area contributed by atoms with Gasteiger partial charge in [0.1, 0.15) is 10.7 Å². The normalized spacial score (nSPS) is 11.5. The molecule has 4 nitrogen and oxygen atoms in total. The molecule has 0 radical (unpaired) electrons. The van der Waals surface area contributed by atoms with Crippen molar-refractivity contribution >= 4 is 10.0 Å². The molecule has 0 saturated carbocycles. The van der Waals surface area contributed by atoms with Crippen LogP contribution in [0.1, 0.15) is 0 Å². The number of hydrogen-bond acceptors (Lipinski definition) is 3. The number of nitrogens with two attached hydrogens (primary N) is 1. The maximum absolute atomic E-state index is 12.6. The third-order valence-corrected chi connectivity index (χ3v) is 1.95. The zero-order chi connectivity index (χ0) is 8.48. The molecule has 0 aliphatic carbocycles. The van der Waals surface area contributed by atoms with E-state index >= 15 is 0 Å². The van der Waals surface area contributed by atoms with E-state index < -0.39 is 20.7 Å². The van der Waals surface area contributed by atoms with E-state index in [9.17, 15) is 12.8 Å². The molecule has 0 bridgehead atoms. The molecule has 1 rings (SSSR count). The van der Waals surface area contributed by atoms with E-state index in [1.807, 2.05) is 0 Å². The summed E-state index contributed by atoms with van der Waals surface area (Å²) in [6, 6.07) is 0.930. The topological polar surface area (TPSA) is 73.1 Å². The van der Waals surface area contributed by atoms with E-state index in [0.717, 1.165) is 18.5 Å². The summed E-state index contributed by atoms with van der Waals surface area (Å²) >= 11 is 0. The van der Waals surface area contributed by atoms with Gasteiger partial charge in [0.15, 0.2) is 0 Å². The lowest BCUT2D eigenvalue weighted by Crippen LogP contribution is -2.14. The first kappa shape index (κ1) is 8.09. The van der Waals surface area contributed by atoms with Gasteiger partial charge in [-0.3, -0.25) is 4.98 Å². The Kier molecular flexibility index (Phi) is 1.88. The molecular formula is C5H5FN2O2S. The molecule has 0 saturated heterocycles. The van der Waals surface area contributed by atoms with Gasteiger partial charge in [-0.15, -0.1) is 0 Å². The molecule has 2 N–H and O–H groups in total. The van der Waals surface area contributed by atoms with Crippen molar-refractivity contribution in [3.63, 3.8) is 0 Å². The second-order valence-corrected chi connectivity index (χ2v) is 3.38. The summed E-state index contributed by atoms with van der Waals surface area (Å²) < 4.78 is 33.7. The van der Waals surface area contributed by atoms with Crippen LogP contribution in [0.15, 0.2) is 23.4 Å². The Labute approximate surface area is 62.9 Å². The Hall–Kier alpha value is -1.01. The second kappa shape index (κ2) is 2.55. The van der Waals surface area contributed by atoms with Crippen LogP contribution in [0.5, 0.6) is 0 Å². The zero-order valence-corrected chi connectivity index (χ0v) is 6.18. The first-order valence-corrected chi connectivity index (χ1v) is 4.19. The number of aromatic nitrogens is 1.